The van der Waals surface area contributed by atoms with E-state index in [1.165, 1.54) is 0 Å². The van der Waals surface area contributed by atoms with Crippen molar-refractivity contribution < 1.29 is 19.4 Å². The summed E-state index contributed by atoms with van der Waals surface area (Å²) in [6.45, 7) is 4.27. The average Bonchev–Trinajstić information content (AvgIpc) is 3.01. The molecule has 0 aliphatic carbocycles. The molecule has 1 N–H and O–H groups in total. The summed E-state index contributed by atoms with van der Waals surface area (Å²) in [7, 11) is 0. The molecule has 4 heteroatoms. The van der Waals surface area contributed by atoms with Gasteiger partial charge in [-0.1, -0.05) is 18.2 Å². The lowest BCUT2D eigenvalue weighted by Crippen LogP contribution is -2.34. The largest absolute Gasteiger partial charge is 0.481 e. The summed E-state index contributed by atoms with van der Waals surface area (Å²) in [6, 6.07) is 0. The minimum absolute atomic E-state index is 0.190. The number of ether oxygens (including phenoxy) is 2. The van der Waals surface area contributed by atoms with E-state index < -0.39 is 5.97 Å². The molecule has 0 aromatic rings. The molecule has 4 nitrogen and oxygen atoms in total. The van der Waals surface area contributed by atoms with Crippen molar-refractivity contribution in [1.82, 2.24) is 0 Å². The lowest BCUT2D eigenvalue weighted by atomic mass is 9.84. The maximum absolute atomic E-state index is 10.4. The monoisotopic (exact) mass is 280 g/mol. The first-order valence-electron chi connectivity index (χ1n) is 7.47. The van der Waals surface area contributed by atoms with Crippen LogP contribution in [-0.4, -0.2) is 36.0 Å². The van der Waals surface area contributed by atoms with Crippen molar-refractivity contribution in [2.24, 2.45) is 5.92 Å². The van der Waals surface area contributed by atoms with Crippen LogP contribution in [0.2, 0.25) is 0 Å². The molecule has 0 saturated carbocycles. The van der Waals surface area contributed by atoms with E-state index in [0.717, 1.165) is 25.7 Å². The Kier molecular flexibility index (Phi) is 5.80. The van der Waals surface area contributed by atoms with E-state index in [9.17, 15) is 4.79 Å². The summed E-state index contributed by atoms with van der Waals surface area (Å²) in [5.74, 6) is -0.290. The quantitative estimate of drug-likeness (QED) is 0.521. The molecular weight excluding hydrogens is 256 g/mol. The minimum Gasteiger partial charge on any atom is -0.481 e. The van der Waals surface area contributed by atoms with Crippen LogP contribution in [0.4, 0.5) is 0 Å². The minimum atomic E-state index is -0.724. The lowest BCUT2D eigenvalue weighted by molar-refractivity contribution is -0.137. The van der Waals surface area contributed by atoms with Crippen LogP contribution in [0, 0.1) is 5.92 Å². The maximum Gasteiger partial charge on any atom is 0.303 e. The zero-order chi connectivity index (χ0) is 14.4. The first-order valence-corrected chi connectivity index (χ1v) is 7.47. The Morgan fingerprint density at radius 3 is 2.90 bits per heavy atom. The molecule has 0 radical (unpaired) electrons. The summed E-state index contributed by atoms with van der Waals surface area (Å²) in [5, 5.41) is 8.57. The van der Waals surface area contributed by atoms with Crippen molar-refractivity contribution >= 4 is 5.97 Å². The van der Waals surface area contributed by atoms with Crippen LogP contribution in [0.5, 0.6) is 0 Å². The van der Waals surface area contributed by atoms with Gasteiger partial charge in [0, 0.05) is 12.3 Å². The summed E-state index contributed by atoms with van der Waals surface area (Å²) >= 11 is 0. The van der Waals surface area contributed by atoms with Crippen LogP contribution in [-0.2, 0) is 14.3 Å². The molecule has 2 bridgehead atoms. The average molecular weight is 280 g/mol. The number of hydrogen-bond donors (Lipinski definition) is 1. The highest BCUT2D eigenvalue weighted by Crippen LogP contribution is 2.42. The highest BCUT2D eigenvalue weighted by Gasteiger charge is 2.48. The molecule has 0 aromatic carbocycles. The molecule has 0 unspecified atom stereocenters. The van der Waals surface area contributed by atoms with Gasteiger partial charge in [0.25, 0.3) is 0 Å². The van der Waals surface area contributed by atoms with E-state index in [1.54, 1.807) is 6.08 Å². The molecule has 4 atom stereocenters. The Morgan fingerprint density at radius 2 is 2.15 bits per heavy atom. The van der Waals surface area contributed by atoms with Crippen LogP contribution in [0.25, 0.3) is 0 Å². The number of rotatable bonds is 9. The lowest BCUT2D eigenvalue weighted by Gasteiger charge is -2.26. The number of carbonyl (C=O) groups is 1. The number of fused-ring (bicyclic) bond motifs is 2. The third-order valence-electron chi connectivity index (χ3n) is 4.09. The Morgan fingerprint density at radius 1 is 1.35 bits per heavy atom. The van der Waals surface area contributed by atoms with E-state index >= 15 is 0 Å². The number of allylic oxidation sites excluding steroid dienone is 2. The second kappa shape index (κ2) is 7.60. The maximum atomic E-state index is 10.4. The Hall–Kier alpha value is -1.13. The van der Waals surface area contributed by atoms with Crippen molar-refractivity contribution in [3.63, 3.8) is 0 Å². The van der Waals surface area contributed by atoms with Gasteiger partial charge in [0.2, 0.25) is 0 Å². The van der Waals surface area contributed by atoms with Gasteiger partial charge >= 0.3 is 5.97 Å². The fraction of sp³-hybridized carbons (Fsp3) is 0.688. The highest BCUT2D eigenvalue weighted by molar-refractivity contribution is 5.66. The molecule has 20 heavy (non-hydrogen) atoms. The van der Waals surface area contributed by atoms with E-state index in [2.05, 4.69) is 18.7 Å². The first kappa shape index (κ1) is 15.3. The normalized spacial score (nSPS) is 32.0. The van der Waals surface area contributed by atoms with Crippen molar-refractivity contribution in [2.75, 3.05) is 6.61 Å². The van der Waals surface area contributed by atoms with Crippen molar-refractivity contribution in [2.45, 2.75) is 56.8 Å². The van der Waals surface area contributed by atoms with E-state index in [4.69, 9.17) is 14.6 Å². The van der Waals surface area contributed by atoms with Gasteiger partial charge in [0.1, 0.15) is 0 Å². The van der Waals surface area contributed by atoms with Crippen LogP contribution in [0.3, 0.4) is 0 Å². The molecule has 0 amide bonds. The van der Waals surface area contributed by atoms with Gasteiger partial charge in [0.05, 0.1) is 24.9 Å². The summed E-state index contributed by atoms with van der Waals surface area (Å²) in [4.78, 5) is 10.4. The molecule has 2 rings (SSSR count). The number of hydrogen-bond acceptors (Lipinski definition) is 3. The van der Waals surface area contributed by atoms with Gasteiger partial charge in [-0.25, -0.2) is 0 Å². The SMILES string of the molecule is C=CCO[C@H]1[C@@H](C/C=C\CCCC(=O)O)[C@H]2CC[C@@H]1O2. The van der Waals surface area contributed by atoms with Crippen molar-refractivity contribution in [3.8, 4) is 0 Å². The predicted molar refractivity (Wildman–Crippen MR) is 76.6 cm³/mol. The van der Waals surface area contributed by atoms with Gasteiger partial charge < -0.3 is 14.6 Å². The molecule has 0 spiro atoms. The van der Waals surface area contributed by atoms with E-state index in [0.29, 0.717) is 25.0 Å². The third-order valence-corrected chi connectivity index (χ3v) is 4.09. The standard InChI is InChI=1S/C16H24O4/c1-2-11-19-16-12(13-9-10-14(16)20-13)7-5-3-4-6-8-15(17)18/h2-3,5,12-14,16H,1,4,6-11H2,(H,17,18)/b5-3-/t12-,13+,14-,16-/m0/s1. The predicted octanol–water partition coefficient (Wildman–Crippen LogP) is 2.94. The molecule has 2 fully saturated rings. The molecule has 112 valence electrons. The molecule has 2 heterocycles. The van der Waals surface area contributed by atoms with Gasteiger partial charge in [0.15, 0.2) is 0 Å². The Balaban J connectivity index is 1.74. The number of carboxylic acids is 1. The number of aliphatic carboxylic acids is 1. The smallest absolute Gasteiger partial charge is 0.303 e. The fourth-order valence-electron chi connectivity index (χ4n) is 3.17. The van der Waals surface area contributed by atoms with Crippen molar-refractivity contribution in [1.29, 1.82) is 0 Å². The molecule has 0 aromatic heterocycles. The second-order valence-electron chi connectivity index (χ2n) is 5.53. The number of unbranched alkanes of at least 4 members (excludes halogenated alkanes) is 1. The van der Waals surface area contributed by atoms with E-state index in [1.807, 2.05) is 0 Å². The van der Waals surface area contributed by atoms with Gasteiger partial charge in [-0.3, -0.25) is 4.79 Å². The third kappa shape index (κ3) is 3.93. The van der Waals surface area contributed by atoms with Gasteiger partial charge in [-0.2, -0.15) is 0 Å². The first-order chi connectivity index (χ1) is 9.72. The second-order valence-corrected chi connectivity index (χ2v) is 5.53. The summed E-state index contributed by atoms with van der Waals surface area (Å²) in [6.07, 6.45) is 11.8. The molecule has 2 aliphatic rings. The molecule has 2 aliphatic heterocycles. The highest BCUT2D eigenvalue weighted by atomic mass is 16.6. The van der Waals surface area contributed by atoms with E-state index in [-0.39, 0.29) is 18.6 Å². The van der Waals surface area contributed by atoms with Crippen LogP contribution in [0.15, 0.2) is 24.8 Å². The Bertz CT molecular complexity index is 363. The molecular formula is C16H24O4. The summed E-state index contributed by atoms with van der Waals surface area (Å²) < 4.78 is 11.8. The van der Waals surface area contributed by atoms with Crippen molar-refractivity contribution in [3.05, 3.63) is 24.8 Å². The zero-order valence-corrected chi connectivity index (χ0v) is 11.9. The van der Waals surface area contributed by atoms with Gasteiger partial charge in [-0.15, -0.1) is 6.58 Å². The zero-order valence-electron chi connectivity index (χ0n) is 11.9. The fourth-order valence-corrected chi connectivity index (χ4v) is 3.17. The topological polar surface area (TPSA) is 55.8 Å². The summed E-state index contributed by atoms with van der Waals surface area (Å²) in [5.41, 5.74) is 0. The Labute approximate surface area is 120 Å². The van der Waals surface area contributed by atoms with Crippen LogP contribution in [0.1, 0.15) is 38.5 Å². The van der Waals surface area contributed by atoms with Crippen LogP contribution < -0.4 is 0 Å². The van der Waals surface area contributed by atoms with Gasteiger partial charge in [-0.05, 0) is 32.1 Å². The molecule has 2 saturated heterocycles. The number of carboxylic acid groups (broad SMARTS) is 1. The van der Waals surface area contributed by atoms with Crippen LogP contribution >= 0.6 is 0 Å².